The zero-order valence-electron chi connectivity index (χ0n) is 19.5. The summed E-state index contributed by atoms with van der Waals surface area (Å²) in [5, 5.41) is 2.57. The topological polar surface area (TPSA) is 0 Å². The van der Waals surface area contributed by atoms with Crippen LogP contribution < -0.4 is 0 Å². The van der Waals surface area contributed by atoms with Crippen LogP contribution >= 0.6 is 15.9 Å². The molecule has 1 atom stereocenters. The summed E-state index contributed by atoms with van der Waals surface area (Å²) in [5.74, 6) is 0. The summed E-state index contributed by atoms with van der Waals surface area (Å²) in [7, 11) is 0. The lowest BCUT2D eigenvalue weighted by molar-refractivity contribution is 0.793. The van der Waals surface area contributed by atoms with Crippen LogP contribution in [0.5, 0.6) is 0 Å². The Morgan fingerprint density at radius 3 is 1.69 bits per heavy atom. The molecule has 6 aromatic rings. The van der Waals surface area contributed by atoms with Crippen molar-refractivity contribution < 1.29 is 0 Å². The van der Waals surface area contributed by atoms with Crippen molar-refractivity contribution in [1.29, 1.82) is 0 Å². The van der Waals surface area contributed by atoms with Crippen LogP contribution in [0.4, 0.5) is 0 Å². The average Bonchev–Trinajstić information content (AvgIpc) is 3.41. The Labute approximate surface area is 219 Å². The maximum Gasteiger partial charge on any atom is 0.0726 e. The molecule has 8 rings (SSSR count). The maximum atomic E-state index is 3.91. The van der Waals surface area contributed by atoms with Crippen molar-refractivity contribution >= 4 is 26.7 Å². The Morgan fingerprint density at radius 2 is 0.889 bits per heavy atom. The highest BCUT2D eigenvalue weighted by atomic mass is 79.9. The highest BCUT2D eigenvalue weighted by molar-refractivity contribution is 9.10. The number of hydrogen-bond donors (Lipinski definition) is 0. The number of fused-ring (bicyclic) bond motifs is 11. The van der Waals surface area contributed by atoms with E-state index in [1.807, 2.05) is 0 Å². The van der Waals surface area contributed by atoms with E-state index in [0.717, 1.165) is 4.47 Å². The maximum absolute atomic E-state index is 3.91. The Balaban J connectivity index is 1.56. The fraction of sp³-hybridized carbons (Fsp3) is 0.0286. The summed E-state index contributed by atoms with van der Waals surface area (Å²) in [4.78, 5) is 0. The third kappa shape index (κ3) is 2.39. The van der Waals surface area contributed by atoms with E-state index in [1.54, 1.807) is 0 Å². The van der Waals surface area contributed by atoms with Gasteiger partial charge in [-0.2, -0.15) is 0 Å². The SMILES string of the molecule is Brc1cccc2c1-c1ccccc1C21c2ccccc2-c2c(-c3cccc4ccccc34)cccc21. The summed E-state index contributed by atoms with van der Waals surface area (Å²) >= 11 is 3.91. The minimum absolute atomic E-state index is 0.331. The molecule has 0 radical (unpaired) electrons. The monoisotopic (exact) mass is 520 g/mol. The van der Waals surface area contributed by atoms with Gasteiger partial charge < -0.3 is 0 Å². The van der Waals surface area contributed by atoms with Crippen molar-refractivity contribution in [2.75, 3.05) is 0 Å². The molecule has 0 nitrogen and oxygen atoms in total. The molecule has 0 heterocycles. The van der Waals surface area contributed by atoms with E-state index in [4.69, 9.17) is 0 Å². The number of hydrogen-bond acceptors (Lipinski definition) is 0. The highest BCUT2D eigenvalue weighted by Gasteiger charge is 2.52. The van der Waals surface area contributed by atoms with Crippen molar-refractivity contribution in [2.45, 2.75) is 5.41 Å². The summed E-state index contributed by atoms with van der Waals surface area (Å²) in [6, 6.07) is 47.0. The van der Waals surface area contributed by atoms with Crippen LogP contribution in [0.1, 0.15) is 22.3 Å². The smallest absolute Gasteiger partial charge is 0.0619 e. The largest absolute Gasteiger partial charge is 0.0726 e. The Kier molecular flexibility index (Phi) is 4.10. The quantitative estimate of drug-likeness (QED) is 0.202. The molecule has 0 N–H and O–H groups in total. The molecule has 36 heavy (non-hydrogen) atoms. The molecule has 0 fully saturated rings. The van der Waals surface area contributed by atoms with Crippen LogP contribution in [0.2, 0.25) is 0 Å². The first kappa shape index (κ1) is 20.3. The first-order valence-corrected chi connectivity index (χ1v) is 13.2. The summed E-state index contributed by atoms with van der Waals surface area (Å²) in [5.41, 5.74) is 13.0. The van der Waals surface area contributed by atoms with Gasteiger partial charge in [0.1, 0.15) is 0 Å². The van der Waals surface area contributed by atoms with E-state index in [9.17, 15) is 0 Å². The molecule has 1 heteroatoms. The van der Waals surface area contributed by atoms with Gasteiger partial charge in [0.05, 0.1) is 5.41 Å². The van der Waals surface area contributed by atoms with Crippen molar-refractivity contribution in [3.05, 3.63) is 154 Å². The molecule has 1 unspecified atom stereocenters. The third-order valence-corrected chi connectivity index (χ3v) is 8.83. The second-order valence-electron chi connectivity index (χ2n) is 9.76. The van der Waals surface area contributed by atoms with Crippen LogP contribution in [0.25, 0.3) is 44.2 Å². The zero-order valence-corrected chi connectivity index (χ0v) is 21.1. The van der Waals surface area contributed by atoms with Crippen LogP contribution in [0.3, 0.4) is 0 Å². The minimum atomic E-state index is -0.331. The molecule has 0 saturated heterocycles. The second-order valence-corrected chi connectivity index (χ2v) is 10.6. The normalized spacial score (nSPS) is 16.6. The van der Waals surface area contributed by atoms with Gasteiger partial charge in [-0.25, -0.2) is 0 Å². The van der Waals surface area contributed by atoms with E-state index >= 15 is 0 Å². The summed E-state index contributed by atoms with van der Waals surface area (Å²) in [6.45, 7) is 0. The van der Waals surface area contributed by atoms with Gasteiger partial charge in [0.25, 0.3) is 0 Å². The van der Waals surface area contributed by atoms with Gasteiger partial charge in [-0.1, -0.05) is 137 Å². The lowest BCUT2D eigenvalue weighted by atomic mass is 9.70. The molecule has 2 aliphatic rings. The van der Waals surface area contributed by atoms with Crippen molar-refractivity contribution in [3.8, 4) is 33.4 Å². The molecule has 6 aromatic carbocycles. The summed E-state index contributed by atoms with van der Waals surface area (Å²) in [6.07, 6.45) is 0. The first-order chi connectivity index (χ1) is 17.8. The lowest BCUT2D eigenvalue weighted by Gasteiger charge is -2.30. The van der Waals surface area contributed by atoms with E-state index in [-0.39, 0.29) is 5.41 Å². The van der Waals surface area contributed by atoms with Gasteiger partial charge in [-0.3, -0.25) is 0 Å². The van der Waals surface area contributed by atoms with Crippen molar-refractivity contribution in [1.82, 2.24) is 0 Å². The number of rotatable bonds is 1. The fourth-order valence-electron chi connectivity index (χ4n) is 6.88. The van der Waals surface area contributed by atoms with Crippen molar-refractivity contribution in [3.63, 3.8) is 0 Å². The van der Waals surface area contributed by atoms with Gasteiger partial charge >= 0.3 is 0 Å². The van der Waals surface area contributed by atoms with Crippen LogP contribution in [0.15, 0.2) is 132 Å². The standard InChI is InChI=1S/C35H21Br/c36-32-21-9-20-31-34(32)27-14-4-6-18-29(27)35(31)28-17-5-3-13-26(28)33-25(16-8-19-30(33)35)24-15-7-11-22-10-1-2-12-23(22)24/h1-21H. The predicted molar refractivity (Wildman–Crippen MR) is 153 cm³/mol. The number of benzene rings is 6. The molecule has 0 bridgehead atoms. The minimum Gasteiger partial charge on any atom is -0.0619 e. The molecule has 1 spiro atoms. The van der Waals surface area contributed by atoms with Gasteiger partial charge in [0.15, 0.2) is 0 Å². The Hall–Kier alpha value is -3.94. The molecular weight excluding hydrogens is 500 g/mol. The Morgan fingerprint density at radius 1 is 0.389 bits per heavy atom. The van der Waals surface area contributed by atoms with E-state index in [0.29, 0.717) is 0 Å². The van der Waals surface area contributed by atoms with E-state index in [2.05, 4.69) is 143 Å². The van der Waals surface area contributed by atoms with E-state index in [1.165, 1.54) is 66.4 Å². The molecule has 0 aliphatic heterocycles. The predicted octanol–water partition coefficient (Wildman–Crippen LogP) is 9.61. The lowest BCUT2D eigenvalue weighted by Crippen LogP contribution is -2.25. The van der Waals surface area contributed by atoms with E-state index < -0.39 is 0 Å². The van der Waals surface area contributed by atoms with Gasteiger partial charge in [-0.15, -0.1) is 0 Å². The molecular formula is C35H21Br. The van der Waals surface area contributed by atoms with Crippen LogP contribution in [0, 0.1) is 0 Å². The van der Waals surface area contributed by atoms with Crippen LogP contribution in [-0.2, 0) is 5.41 Å². The average molecular weight is 521 g/mol. The zero-order chi connectivity index (χ0) is 23.9. The molecule has 2 aliphatic carbocycles. The molecule has 168 valence electrons. The van der Waals surface area contributed by atoms with Crippen LogP contribution in [-0.4, -0.2) is 0 Å². The molecule has 0 aromatic heterocycles. The fourth-order valence-corrected chi connectivity index (χ4v) is 7.46. The molecule has 0 saturated carbocycles. The van der Waals surface area contributed by atoms with Gasteiger partial charge in [-0.05, 0) is 66.9 Å². The first-order valence-electron chi connectivity index (χ1n) is 12.4. The molecule has 0 amide bonds. The highest BCUT2D eigenvalue weighted by Crippen LogP contribution is 2.64. The number of halogens is 1. The second kappa shape index (κ2) is 7.29. The van der Waals surface area contributed by atoms with Gasteiger partial charge in [0.2, 0.25) is 0 Å². The Bertz CT molecular complexity index is 1860. The summed E-state index contributed by atoms with van der Waals surface area (Å²) < 4.78 is 1.15. The van der Waals surface area contributed by atoms with Gasteiger partial charge in [0, 0.05) is 10.0 Å². The third-order valence-electron chi connectivity index (χ3n) is 8.17. The van der Waals surface area contributed by atoms with Crippen molar-refractivity contribution in [2.24, 2.45) is 0 Å².